The molecule has 2 aromatic carbocycles. The summed E-state index contributed by atoms with van der Waals surface area (Å²) in [6.07, 6.45) is 2.31. The molecule has 1 aliphatic heterocycles. The van der Waals surface area contributed by atoms with Gasteiger partial charge in [-0.05, 0) is 43.3 Å². The third-order valence-electron chi connectivity index (χ3n) is 4.93. The van der Waals surface area contributed by atoms with Crippen molar-refractivity contribution in [2.45, 2.75) is 12.5 Å². The van der Waals surface area contributed by atoms with E-state index in [2.05, 4.69) is 4.90 Å². The Morgan fingerprint density at radius 1 is 1.19 bits per heavy atom. The van der Waals surface area contributed by atoms with Crippen LogP contribution in [0.25, 0.3) is 6.08 Å². The van der Waals surface area contributed by atoms with E-state index in [1.807, 2.05) is 19.0 Å². The zero-order valence-electron chi connectivity index (χ0n) is 15.2. The molecule has 0 radical (unpaired) electrons. The molecule has 142 valence electrons. The average molecular weight is 373 g/mol. The van der Waals surface area contributed by atoms with Crippen molar-refractivity contribution in [3.05, 3.63) is 81.0 Å². The SMILES string of the molecule is CN1CC(Cc2ccc(F)cc2)N(C)CC1=Cc1c(F)cccc1[N+](=O)[O-]. The minimum Gasteiger partial charge on any atom is -0.375 e. The summed E-state index contributed by atoms with van der Waals surface area (Å²) >= 11 is 0. The second kappa shape index (κ2) is 7.84. The summed E-state index contributed by atoms with van der Waals surface area (Å²) in [7, 11) is 3.86. The minimum absolute atomic E-state index is 0.00488. The summed E-state index contributed by atoms with van der Waals surface area (Å²) in [5.41, 5.74) is 1.60. The van der Waals surface area contributed by atoms with Crippen LogP contribution >= 0.6 is 0 Å². The molecule has 7 heteroatoms. The Labute approximate surface area is 156 Å². The first-order valence-electron chi connectivity index (χ1n) is 8.64. The molecule has 0 amide bonds. The molecule has 27 heavy (non-hydrogen) atoms. The van der Waals surface area contributed by atoms with E-state index in [9.17, 15) is 18.9 Å². The maximum absolute atomic E-state index is 14.2. The van der Waals surface area contributed by atoms with Gasteiger partial charge in [-0.1, -0.05) is 18.2 Å². The van der Waals surface area contributed by atoms with Crippen molar-refractivity contribution in [2.75, 3.05) is 27.2 Å². The molecule has 1 aliphatic rings. The highest BCUT2D eigenvalue weighted by molar-refractivity contribution is 5.63. The molecule has 0 bridgehead atoms. The molecule has 0 spiro atoms. The number of nitro benzene ring substituents is 1. The van der Waals surface area contributed by atoms with Crippen molar-refractivity contribution in [1.29, 1.82) is 0 Å². The molecule has 3 rings (SSSR count). The van der Waals surface area contributed by atoms with Crippen molar-refractivity contribution in [1.82, 2.24) is 9.80 Å². The van der Waals surface area contributed by atoms with Crippen molar-refractivity contribution >= 4 is 11.8 Å². The fourth-order valence-corrected chi connectivity index (χ4v) is 3.34. The van der Waals surface area contributed by atoms with Crippen LogP contribution in [0.4, 0.5) is 14.5 Å². The molecule has 0 aliphatic carbocycles. The molecule has 0 saturated carbocycles. The molecule has 1 saturated heterocycles. The largest absolute Gasteiger partial charge is 0.375 e. The summed E-state index contributed by atoms with van der Waals surface area (Å²) in [5, 5.41) is 11.2. The lowest BCUT2D eigenvalue weighted by Gasteiger charge is -2.40. The molecule has 1 heterocycles. The monoisotopic (exact) mass is 373 g/mol. The van der Waals surface area contributed by atoms with Gasteiger partial charge in [0, 0.05) is 37.9 Å². The van der Waals surface area contributed by atoms with Crippen LogP contribution in [0, 0.1) is 21.7 Å². The lowest BCUT2D eigenvalue weighted by molar-refractivity contribution is -0.385. The van der Waals surface area contributed by atoms with E-state index in [1.54, 1.807) is 18.2 Å². The number of nitro groups is 1. The standard InChI is InChI=1S/C20H21F2N3O2/c1-23-13-17(11-18-19(22)4-3-5-20(18)25(26)27)24(2)12-16(23)10-14-6-8-15(21)9-7-14/h3-9,11,16H,10,12-13H2,1-2H3. The van der Waals surface area contributed by atoms with Crippen LogP contribution < -0.4 is 0 Å². The van der Waals surface area contributed by atoms with Gasteiger partial charge in [0.15, 0.2) is 0 Å². The van der Waals surface area contributed by atoms with Gasteiger partial charge in [0.1, 0.15) is 11.6 Å². The molecule has 0 aromatic heterocycles. The Bertz CT molecular complexity index is 868. The van der Waals surface area contributed by atoms with Crippen molar-refractivity contribution in [2.24, 2.45) is 0 Å². The highest BCUT2D eigenvalue weighted by Crippen LogP contribution is 2.27. The number of rotatable bonds is 4. The Morgan fingerprint density at radius 2 is 1.89 bits per heavy atom. The van der Waals surface area contributed by atoms with Gasteiger partial charge >= 0.3 is 0 Å². The Kier molecular flexibility index (Phi) is 5.51. The molecule has 2 aromatic rings. The maximum Gasteiger partial charge on any atom is 0.279 e. The van der Waals surface area contributed by atoms with E-state index in [-0.39, 0.29) is 23.1 Å². The van der Waals surface area contributed by atoms with Crippen molar-refractivity contribution in [3.8, 4) is 0 Å². The zero-order chi connectivity index (χ0) is 19.6. The van der Waals surface area contributed by atoms with E-state index >= 15 is 0 Å². The third-order valence-corrected chi connectivity index (χ3v) is 4.93. The van der Waals surface area contributed by atoms with Crippen LogP contribution in [0.1, 0.15) is 11.1 Å². The molecular formula is C20H21F2N3O2. The van der Waals surface area contributed by atoms with E-state index in [0.29, 0.717) is 13.1 Å². The van der Waals surface area contributed by atoms with E-state index < -0.39 is 10.7 Å². The smallest absolute Gasteiger partial charge is 0.279 e. The van der Waals surface area contributed by atoms with E-state index in [4.69, 9.17) is 0 Å². The van der Waals surface area contributed by atoms with E-state index in [0.717, 1.165) is 17.7 Å². The van der Waals surface area contributed by atoms with Gasteiger partial charge in [0.2, 0.25) is 0 Å². The predicted octanol–water partition coefficient (Wildman–Crippen LogP) is 3.70. The van der Waals surface area contributed by atoms with Crippen LogP contribution in [-0.4, -0.2) is 47.9 Å². The molecule has 1 fully saturated rings. The fourth-order valence-electron chi connectivity index (χ4n) is 3.34. The fraction of sp³-hybridized carbons (Fsp3) is 0.300. The topological polar surface area (TPSA) is 49.6 Å². The summed E-state index contributed by atoms with van der Waals surface area (Å²) < 4.78 is 27.3. The number of halogens is 2. The average Bonchev–Trinajstić information content (AvgIpc) is 2.62. The Morgan fingerprint density at radius 3 is 2.56 bits per heavy atom. The van der Waals surface area contributed by atoms with Gasteiger partial charge in [-0.25, -0.2) is 8.78 Å². The number of hydrogen-bond acceptors (Lipinski definition) is 4. The summed E-state index contributed by atoms with van der Waals surface area (Å²) in [4.78, 5) is 14.7. The number of piperazine rings is 1. The molecule has 1 unspecified atom stereocenters. The second-order valence-corrected chi connectivity index (χ2v) is 6.85. The Hall–Kier alpha value is -2.80. The normalized spacial score (nSPS) is 19.5. The van der Waals surface area contributed by atoms with Gasteiger partial charge in [0.25, 0.3) is 5.69 Å². The van der Waals surface area contributed by atoms with Crippen molar-refractivity contribution < 1.29 is 13.7 Å². The van der Waals surface area contributed by atoms with Crippen molar-refractivity contribution in [3.63, 3.8) is 0 Å². The number of nitrogens with zero attached hydrogens (tertiary/aromatic N) is 3. The van der Waals surface area contributed by atoms with Gasteiger partial charge < -0.3 is 4.90 Å². The first-order chi connectivity index (χ1) is 12.8. The highest BCUT2D eigenvalue weighted by Gasteiger charge is 2.27. The predicted molar refractivity (Wildman–Crippen MR) is 100 cm³/mol. The minimum atomic E-state index is -0.610. The first kappa shape index (κ1) is 19.0. The number of likely N-dealkylation sites (N-methyl/N-ethyl adjacent to an activating group) is 2. The molecule has 1 atom stereocenters. The summed E-state index contributed by atoms with van der Waals surface area (Å²) in [5.74, 6) is -0.870. The Balaban J connectivity index is 1.80. The third kappa shape index (κ3) is 4.31. The number of hydrogen-bond donors (Lipinski definition) is 0. The van der Waals surface area contributed by atoms with E-state index in [1.165, 1.54) is 30.3 Å². The van der Waals surface area contributed by atoms with Gasteiger partial charge in [-0.15, -0.1) is 0 Å². The second-order valence-electron chi connectivity index (χ2n) is 6.85. The summed E-state index contributed by atoms with van der Waals surface area (Å²) in [6.45, 7) is 1.22. The maximum atomic E-state index is 14.2. The van der Waals surface area contributed by atoms with Crippen LogP contribution in [0.5, 0.6) is 0 Å². The first-order valence-corrected chi connectivity index (χ1v) is 8.64. The quantitative estimate of drug-likeness (QED) is 0.606. The molecular weight excluding hydrogens is 352 g/mol. The molecule has 0 N–H and O–H groups in total. The van der Waals surface area contributed by atoms with Crippen LogP contribution in [-0.2, 0) is 6.42 Å². The lowest BCUT2D eigenvalue weighted by Crippen LogP contribution is -2.49. The van der Waals surface area contributed by atoms with Gasteiger partial charge in [-0.2, -0.15) is 0 Å². The summed E-state index contributed by atoms with van der Waals surface area (Å²) in [6, 6.07) is 10.5. The number of benzene rings is 2. The highest BCUT2D eigenvalue weighted by atomic mass is 19.1. The van der Waals surface area contributed by atoms with Crippen LogP contribution in [0.3, 0.4) is 0 Å². The van der Waals surface area contributed by atoms with Crippen LogP contribution in [0.2, 0.25) is 0 Å². The van der Waals surface area contributed by atoms with Gasteiger partial charge in [0.05, 0.1) is 10.5 Å². The van der Waals surface area contributed by atoms with Gasteiger partial charge in [-0.3, -0.25) is 15.0 Å². The lowest BCUT2D eigenvalue weighted by atomic mass is 10.0. The zero-order valence-corrected chi connectivity index (χ0v) is 15.2. The molecule has 5 nitrogen and oxygen atoms in total. The van der Waals surface area contributed by atoms with Crippen LogP contribution in [0.15, 0.2) is 48.2 Å².